The summed E-state index contributed by atoms with van der Waals surface area (Å²) in [4.78, 5) is 23.0. The average Bonchev–Trinajstić information content (AvgIpc) is 3.31. The quantitative estimate of drug-likeness (QED) is 0.462. The van der Waals surface area contributed by atoms with Crippen LogP contribution in [0.15, 0.2) is 41.8 Å². The minimum absolute atomic E-state index is 0.175. The maximum atomic E-state index is 13.2. The van der Waals surface area contributed by atoms with Crippen molar-refractivity contribution < 1.29 is 14.4 Å². The number of hydrogen-bond donors (Lipinski definition) is 2. The first-order valence-corrected chi connectivity index (χ1v) is 11.8. The first-order chi connectivity index (χ1) is 16.6. The summed E-state index contributed by atoms with van der Waals surface area (Å²) in [5.74, 6) is 0.609. The number of benzene rings is 1. The second kappa shape index (κ2) is 11.0. The summed E-state index contributed by atoms with van der Waals surface area (Å²) in [6.45, 7) is 5.66. The number of ether oxygens (including phenoxy) is 1. The van der Waals surface area contributed by atoms with E-state index in [0.29, 0.717) is 25.3 Å². The number of fused-ring (bicyclic) bond motifs is 1. The molecule has 4 rings (SSSR count). The number of carbonyl (C=O) groups excluding carboxylic acids is 1. The van der Waals surface area contributed by atoms with Gasteiger partial charge in [-0.15, -0.1) is 0 Å². The zero-order valence-electron chi connectivity index (χ0n) is 20.0. The number of nitrogens with zero attached hydrogens (tertiary/aromatic N) is 4. The van der Waals surface area contributed by atoms with Crippen LogP contribution in [-0.4, -0.2) is 46.1 Å². The molecule has 1 aliphatic rings. The van der Waals surface area contributed by atoms with Crippen LogP contribution in [0.4, 0.5) is 5.69 Å². The van der Waals surface area contributed by atoms with E-state index in [4.69, 9.17) is 9.57 Å². The lowest BCUT2D eigenvalue weighted by molar-refractivity contribution is 0.0951. The van der Waals surface area contributed by atoms with Crippen LogP contribution >= 0.6 is 0 Å². The van der Waals surface area contributed by atoms with Gasteiger partial charge in [0.25, 0.3) is 5.91 Å². The van der Waals surface area contributed by atoms with Crippen molar-refractivity contribution in [1.29, 1.82) is 0 Å². The highest BCUT2D eigenvalue weighted by molar-refractivity contribution is 6.06. The topological polar surface area (TPSA) is 103 Å². The Hall–Kier alpha value is -3.62. The molecule has 3 aromatic rings. The van der Waals surface area contributed by atoms with Gasteiger partial charge in [-0.2, -0.15) is 5.10 Å². The summed E-state index contributed by atoms with van der Waals surface area (Å²) in [6.07, 6.45) is 7.03. The zero-order valence-corrected chi connectivity index (χ0v) is 20.0. The van der Waals surface area contributed by atoms with Crippen LogP contribution in [-0.2, 0) is 17.9 Å². The molecule has 2 N–H and O–H groups in total. The lowest BCUT2D eigenvalue weighted by atomic mass is 9.93. The van der Waals surface area contributed by atoms with Crippen molar-refractivity contribution in [3.63, 3.8) is 0 Å². The molecular formula is C25H32N6O3. The number of oxime groups is 1. The van der Waals surface area contributed by atoms with E-state index in [1.54, 1.807) is 19.5 Å². The third-order valence-electron chi connectivity index (χ3n) is 6.06. The van der Waals surface area contributed by atoms with E-state index in [2.05, 4.69) is 25.9 Å². The number of amides is 1. The highest BCUT2D eigenvalue weighted by atomic mass is 16.6. The fourth-order valence-corrected chi connectivity index (χ4v) is 4.15. The van der Waals surface area contributed by atoms with Gasteiger partial charge in [0, 0.05) is 25.3 Å². The van der Waals surface area contributed by atoms with Crippen LogP contribution in [0.3, 0.4) is 0 Å². The van der Waals surface area contributed by atoms with Crippen LogP contribution in [0.1, 0.15) is 55.5 Å². The van der Waals surface area contributed by atoms with Gasteiger partial charge in [0.15, 0.2) is 5.65 Å². The van der Waals surface area contributed by atoms with Gasteiger partial charge in [0.2, 0.25) is 0 Å². The Kier molecular flexibility index (Phi) is 7.61. The van der Waals surface area contributed by atoms with Crippen LogP contribution < -0.4 is 15.4 Å². The minimum Gasteiger partial charge on any atom is -0.497 e. The second-order valence-corrected chi connectivity index (χ2v) is 8.27. The molecule has 9 nitrogen and oxygen atoms in total. The monoisotopic (exact) mass is 464 g/mol. The van der Waals surface area contributed by atoms with Gasteiger partial charge < -0.3 is 20.2 Å². The summed E-state index contributed by atoms with van der Waals surface area (Å²) < 4.78 is 7.04. The smallest absolute Gasteiger partial charge is 0.255 e. The molecule has 1 saturated carbocycles. The van der Waals surface area contributed by atoms with E-state index in [0.717, 1.165) is 59.4 Å². The molecule has 2 heterocycles. The van der Waals surface area contributed by atoms with Crippen molar-refractivity contribution in [2.45, 2.75) is 58.7 Å². The SMILES string of the molecule is CCON=C1CCC(Nc2c(C(=O)NCc3ccc(OC)cc3)cnc3c2cnn3CC)CC1. The number of hydrogen-bond acceptors (Lipinski definition) is 7. The van der Waals surface area contributed by atoms with E-state index < -0.39 is 0 Å². The molecular weight excluding hydrogens is 432 g/mol. The Morgan fingerprint density at radius 2 is 1.94 bits per heavy atom. The van der Waals surface area contributed by atoms with E-state index in [1.165, 1.54) is 0 Å². The molecule has 0 spiro atoms. The number of nitrogens with one attached hydrogen (secondary N) is 2. The number of aromatic nitrogens is 3. The van der Waals surface area contributed by atoms with Crippen molar-refractivity contribution in [3.8, 4) is 5.75 Å². The molecule has 1 fully saturated rings. The molecule has 0 radical (unpaired) electrons. The minimum atomic E-state index is -0.175. The number of carbonyl (C=O) groups is 1. The van der Waals surface area contributed by atoms with Crippen LogP contribution in [0, 0.1) is 0 Å². The molecule has 1 aliphatic carbocycles. The fourth-order valence-electron chi connectivity index (χ4n) is 4.15. The summed E-state index contributed by atoms with van der Waals surface area (Å²) in [5, 5.41) is 16.2. The maximum Gasteiger partial charge on any atom is 0.255 e. The van der Waals surface area contributed by atoms with E-state index in [9.17, 15) is 4.79 Å². The van der Waals surface area contributed by atoms with Gasteiger partial charge in [-0.1, -0.05) is 17.3 Å². The van der Waals surface area contributed by atoms with Gasteiger partial charge in [-0.05, 0) is 57.2 Å². The molecule has 1 amide bonds. The maximum absolute atomic E-state index is 13.2. The molecule has 34 heavy (non-hydrogen) atoms. The lowest BCUT2D eigenvalue weighted by Crippen LogP contribution is -2.29. The Morgan fingerprint density at radius 1 is 1.18 bits per heavy atom. The standard InChI is InChI=1S/C25H32N6O3/c1-4-31-24-21(16-28-31)23(29-18-8-10-19(11-9-18)30-34-5-2)22(15-26-24)25(32)27-14-17-6-12-20(33-3)13-7-17/h6-7,12-13,15-16,18H,4-5,8-11,14H2,1-3H3,(H,26,29)(H,27,32). The van der Waals surface area contributed by atoms with Gasteiger partial charge in [-0.25, -0.2) is 9.67 Å². The Labute approximate surface area is 199 Å². The molecule has 0 saturated heterocycles. The third-order valence-corrected chi connectivity index (χ3v) is 6.06. The summed E-state index contributed by atoms with van der Waals surface area (Å²) in [7, 11) is 1.63. The number of aryl methyl sites for hydroxylation is 1. The summed E-state index contributed by atoms with van der Waals surface area (Å²) in [5.41, 5.74) is 4.16. The average molecular weight is 465 g/mol. The van der Waals surface area contributed by atoms with Crippen molar-refractivity contribution in [1.82, 2.24) is 20.1 Å². The van der Waals surface area contributed by atoms with Gasteiger partial charge in [0.05, 0.1) is 35.7 Å². The van der Waals surface area contributed by atoms with Crippen LogP contribution in [0.2, 0.25) is 0 Å². The van der Waals surface area contributed by atoms with E-state index in [1.807, 2.05) is 42.8 Å². The summed E-state index contributed by atoms with van der Waals surface area (Å²) in [6, 6.07) is 7.87. The van der Waals surface area contributed by atoms with E-state index >= 15 is 0 Å². The normalized spacial score (nSPS) is 15.7. The number of methoxy groups -OCH3 is 1. The van der Waals surface area contributed by atoms with Crippen molar-refractivity contribution in [2.24, 2.45) is 5.16 Å². The Bertz CT molecular complexity index is 1150. The number of rotatable bonds is 9. The van der Waals surface area contributed by atoms with Crippen molar-refractivity contribution >= 4 is 28.3 Å². The van der Waals surface area contributed by atoms with Gasteiger partial charge in [0.1, 0.15) is 12.4 Å². The number of pyridine rings is 1. The molecule has 0 aliphatic heterocycles. The molecule has 180 valence electrons. The molecule has 2 aromatic heterocycles. The molecule has 0 unspecified atom stereocenters. The zero-order chi connectivity index (χ0) is 23.9. The Balaban J connectivity index is 1.54. The van der Waals surface area contributed by atoms with Gasteiger partial charge in [-0.3, -0.25) is 4.79 Å². The molecule has 0 atom stereocenters. The van der Waals surface area contributed by atoms with E-state index in [-0.39, 0.29) is 11.9 Å². The lowest BCUT2D eigenvalue weighted by Gasteiger charge is -2.26. The van der Waals surface area contributed by atoms with Crippen molar-refractivity contribution in [2.75, 3.05) is 19.0 Å². The first-order valence-electron chi connectivity index (χ1n) is 11.8. The van der Waals surface area contributed by atoms with Gasteiger partial charge >= 0.3 is 0 Å². The number of anilines is 1. The Morgan fingerprint density at radius 3 is 2.62 bits per heavy atom. The van der Waals surface area contributed by atoms with Crippen LogP contribution in [0.5, 0.6) is 5.75 Å². The van der Waals surface area contributed by atoms with Crippen LogP contribution in [0.25, 0.3) is 11.0 Å². The molecule has 1 aromatic carbocycles. The molecule has 9 heteroatoms. The highest BCUT2D eigenvalue weighted by Gasteiger charge is 2.23. The largest absolute Gasteiger partial charge is 0.497 e. The highest BCUT2D eigenvalue weighted by Crippen LogP contribution is 2.29. The molecule has 0 bridgehead atoms. The van der Waals surface area contributed by atoms with Crippen molar-refractivity contribution in [3.05, 3.63) is 47.8 Å². The first kappa shape index (κ1) is 23.5. The summed E-state index contributed by atoms with van der Waals surface area (Å²) >= 11 is 0. The second-order valence-electron chi connectivity index (χ2n) is 8.27. The predicted molar refractivity (Wildman–Crippen MR) is 132 cm³/mol. The predicted octanol–water partition coefficient (Wildman–Crippen LogP) is 4.14. The third kappa shape index (κ3) is 5.30. The fraction of sp³-hybridized carbons (Fsp3) is 0.440.